The SMILES string of the molecule is C/C(CC(C)(C)c1ccccc1)=N/NC(=O)CCc1ccccc1. The lowest BCUT2D eigenvalue weighted by Crippen LogP contribution is -2.24. The molecule has 2 aromatic carbocycles. The number of amides is 1. The van der Waals surface area contributed by atoms with E-state index in [0.717, 1.165) is 18.6 Å². The molecule has 0 heterocycles. The normalized spacial score (nSPS) is 12.0. The minimum Gasteiger partial charge on any atom is -0.273 e. The van der Waals surface area contributed by atoms with Crippen LogP contribution in [0, 0.1) is 0 Å². The van der Waals surface area contributed by atoms with Crippen LogP contribution in [0.15, 0.2) is 65.8 Å². The molecule has 3 heteroatoms. The highest BCUT2D eigenvalue weighted by atomic mass is 16.2. The summed E-state index contributed by atoms with van der Waals surface area (Å²) in [6.45, 7) is 6.35. The topological polar surface area (TPSA) is 41.5 Å². The molecule has 2 rings (SSSR count). The first-order valence-electron chi connectivity index (χ1n) is 8.39. The molecule has 0 saturated heterocycles. The van der Waals surface area contributed by atoms with Crippen LogP contribution in [0.1, 0.15) is 44.7 Å². The zero-order valence-electron chi connectivity index (χ0n) is 14.8. The second-order valence-electron chi connectivity index (χ2n) is 6.79. The Morgan fingerprint density at radius 3 is 2.21 bits per heavy atom. The molecule has 3 nitrogen and oxygen atoms in total. The molecule has 0 unspecified atom stereocenters. The monoisotopic (exact) mass is 322 g/mol. The molecule has 0 aliphatic rings. The average molecular weight is 322 g/mol. The molecule has 0 saturated carbocycles. The number of hydrazone groups is 1. The predicted molar refractivity (Wildman–Crippen MR) is 100 cm³/mol. The number of rotatable bonds is 7. The van der Waals surface area contributed by atoms with Gasteiger partial charge in [0.25, 0.3) is 0 Å². The van der Waals surface area contributed by atoms with Crippen LogP contribution in [-0.4, -0.2) is 11.6 Å². The number of hydrogen-bond acceptors (Lipinski definition) is 2. The molecule has 2 aromatic rings. The fraction of sp³-hybridized carbons (Fsp3) is 0.333. The third-order valence-corrected chi connectivity index (χ3v) is 4.11. The van der Waals surface area contributed by atoms with E-state index in [2.05, 4.69) is 48.6 Å². The quantitative estimate of drug-likeness (QED) is 0.592. The molecule has 0 aliphatic heterocycles. The minimum absolute atomic E-state index is 0.0103. The standard InChI is InChI=1S/C21H26N2O/c1-17(16-21(2,3)19-12-8-5-9-13-19)22-23-20(24)15-14-18-10-6-4-7-11-18/h4-13H,14-16H2,1-3H3,(H,23,24)/b22-17-. The lowest BCUT2D eigenvalue weighted by molar-refractivity contribution is -0.121. The van der Waals surface area contributed by atoms with Crippen molar-refractivity contribution < 1.29 is 4.79 Å². The summed E-state index contributed by atoms with van der Waals surface area (Å²) in [5, 5.41) is 4.26. The molecule has 0 fully saturated rings. The van der Waals surface area contributed by atoms with Crippen molar-refractivity contribution in [1.29, 1.82) is 0 Å². The number of hydrogen-bond donors (Lipinski definition) is 1. The number of aryl methyl sites for hydroxylation is 1. The highest BCUT2D eigenvalue weighted by Crippen LogP contribution is 2.27. The zero-order valence-corrected chi connectivity index (χ0v) is 14.8. The van der Waals surface area contributed by atoms with Gasteiger partial charge in [0.15, 0.2) is 0 Å². The van der Waals surface area contributed by atoms with Gasteiger partial charge in [0, 0.05) is 12.1 Å². The average Bonchev–Trinajstić information content (AvgIpc) is 2.59. The zero-order chi connectivity index (χ0) is 17.4. The molecule has 0 atom stereocenters. The second-order valence-corrected chi connectivity index (χ2v) is 6.79. The first kappa shape index (κ1) is 17.9. The van der Waals surface area contributed by atoms with Crippen LogP contribution in [0.3, 0.4) is 0 Å². The van der Waals surface area contributed by atoms with Crippen molar-refractivity contribution in [3.63, 3.8) is 0 Å². The van der Waals surface area contributed by atoms with E-state index >= 15 is 0 Å². The summed E-state index contributed by atoms with van der Waals surface area (Å²) in [6.07, 6.45) is 1.98. The van der Waals surface area contributed by atoms with Gasteiger partial charge in [0.05, 0.1) is 0 Å². The van der Waals surface area contributed by atoms with Crippen molar-refractivity contribution in [2.24, 2.45) is 5.10 Å². The number of carbonyl (C=O) groups excluding carboxylic acids is 1. The Morgan fingerprint density at radius 2 is 1.58 bits per heavy atom. The highest BCUT2D eigenvalue weighted by Gasteiger charge is 2.21. The molecule has 1 N–H and O–H groups in total. The molecule has 0 bridgehead atoms. The maximum absolute atomic E-state index is 11.9. The van der Waals surface area contributed by atoms with E-state index in [-0.39, 0.29) is 11.3 Å². The van der Waals surface area contributed by atoms with Crippen LogP contribution in [0.4, 0.5) is 0 Å². The summed E-state index contributed by atoms with van der Waals surface area (Å²) < 4.78 is 0. The van der Waals surface area contributed by atoms with Crippen LogP contribution in [-0.2, 0) is 16.6 Å². The Hall–Kier alpha value is -2.42. The summed E-state index contributed by atoms with van der Waals surface area (Å²) in [6, 6.07) is 20.4. The van der Waals surface area contributed by atoms with Crippen LogP contribution in [0.2, 0.25) is 0 Å². The smallest absolute Gasteiger partial charge is 0.240 e. The molecule has 0 aliphatic carbocycles. The number of nitrogens with zero attached hydrogens (tertiary/aromatic N) is 1. The van der Waals surface area contributed by atoms with Gasteiger partial charge in [0.2, 0.25) is 5.91 Å². The summed E-state index contributed by atoms with van der Waals surface area (Å²) >= 11 is 0. The van der Waals surface area contributed by atoms with Gasteiger partial charge in [-0.05, 0) is 36.3 Å². The van der Waals surface area contributed by atoms with Crippen LogP contribution >= 0.6 is 0 Å². The number of benzene rings is 2. The predicted octanol–water partition coefficient (Wildman–Crippen LogP) is 4.48. The minimum atomic E-state index is -0.0456. The van der Waals surface area contributed by atoms with E-state index in [1.54, 1.807) is 0 Å². The maximum atomic E-state index is 11.9. The van der Waals surface area contributed by atoms with Crippen LogP contribution in [0.5, 0.6) is 0 Å². The van der Waals surface area contributed by atoms with E-state index in [4.69, 9.17) is 0 Å². The Morgan fingerprint density at radius 1 is 1.00 bits per heavy atom. The molecule has 0 aromatic heterocycles. The van der Waals surface area contributed by atoms with Gasteiger partial charge in [-0.15, -0.1) is 0 Å². The lowest BCUT2D eigenvalue weighted by Gasteiger charge is -2.25. The van der Waals surface area contributed by atoms with Gasteiger partial charge < -0.3 is 0 Å². The van der Waals surface area contributed by atoms with Crippen molar-refractivity contribution in [1.82, 2.24) is 5.43 Å². The summed E-state index contributed by atoms with van der Waals surface area (Å²) in [5.41, 5.74) is 6.03. The fourth-order valence-corrected chi connectivity index (χ4v) is 2.79. The van der Waals surface area contributed by atoms with Crippen LogP contribution in [0.25, 0.3) is 0 Å². The summed E-state index contributed by atoms with van der Waals surface area (Å²) in [4.78, 5) is 11.9. The molecule has 1 amide bonds. The Labute approximate surface area is 144 Å². The van der Waals surface area contributed by atoms with Crippen molar-refractivity contribution in [2.75, 3.05) is 0 Å². The van der Waals surface area contributed by atoms with Gasteiger partial charge in [0.1, 0.15) is 0 Å². The third-order valence-electron chi connectivity index (χ3n) is 4.11. The van der Waals surface area contributed by atoms with Gasteiger partial charge in [-0.3, -0.25) is 4.79 Å². The van der Waals surface area contributed by atoms with Crippen molar-refractivity contribution in [2.45, 2.75) is 45.4 Å². The molecule has 126 valence electrons. The number of carbonyl (C=O) groups is 1. The second kappa shape index (κ2) is 8.44. The van der Waals surface area contributed by atoms with E-state index < -0.39 is 0 Å². The first-order chi connectivity index (χ1) is 11.5. The van der Waals surface area contributed by atoms with E-state index in [1.807, 2.05) is 43.3 Å². The Balaban J connectivity index is 1.83. The van der Waals surface area contributed by atoms with Gasteiger partial charge in [-0.25, -0.2) is 5.43 Å². The van der Waals surface area contributed by atoms with Crippen LogP contribution < -0.4 is 5.43 Å². The molecular weight excluding hydrogens is 296 g/mol. The highest BCUT2D eigenvalue weighted by molar-refractivity contribution is 5.85. The maximum Gasteiger partial charge on any atom is 0.240 e. The summed E-state index contributed by atoms with van der Waals surface area (Å²) in [7, 11) is 0. The van der Waals surface area contributed by atoms with Crippen molar-refractivity contribution in [3.8, 4) is 0 Å². The van der Waals surface area contributed by atoms with Gasteiger partial charge in [-0.1, -0.05) is 74.5 Å². The Bertz CT molecular complexity index is 675. The lowest BCUT2D eigenvalue weighted by atomic mass is 9.80. The number of nitrogens with one attached hydrogen (secondary N) is 1. The van der Waals surface area contributed by atoms with E-state index in [0.29, 0.717) is 6.42 Å². The fourth-order valence-electron chi connectivity index (χ4n) is 2.79. The molecule has 0 radical (unpaired) electrons. The van der Waals surface area contributed by atoms with Gasteiger partial charge in [-0.2, -0.15) is 5.10 Å². The van der Waals surface area contributed by atoms with Crippen molar-refractivity contribution in [3.05, 3.63) is 71.8 Å². The summed E-state index contributed by atoms with van der Waals surface area (Å²) in [5.74, 6) is -0.0456. The van der Waals surface area contributed by atoms with Gasteiger partial charge >= 0.3 is 0 Å². The molecule has 0 spiro atoms. The first-order valence-corrected chi connectivity index (χ1v) is 8.39. The third kappa shape index (κ3) is 5.65. The molecular formula is C21H26N2O. The largest absolute Gasteiger partial charge is 0.273 e. The Kier molecular flexibility index (Phi) is 6.30. The molecule has 24 heavy (non-hydrogen) atoms. The van der Waals surface area contributed by atoms with E-state index in [9.17, 15) is 4.79 Å². The van der Waals surface area contributed by atoms with E-state index in [1.165, 1.54) is 11.1 Å². The van der Waals surface area contributed by atoms with Crippen molar-refractivity contribution >= 4 is 11.6 Å².